The van der Waals surface area contributed by atoms with Crippen molar-refractivity contribution in [3.05, 3.63) is 0 Å². The Hall–Kier alpha value is -0.220. The summed E-state index contributed by atoms with van der Waals surface area (Å²) < 4.78 is 0. The van der Waals surface area contributed by atoms with Crippen molar-refractivity contribution >= 4 is 17.7 Å². The molecule has 0 unspecified atom stereocenters. The van der Waals surface area contributed by atoms with E-state index in [9.17, 15) is 4.79 Å². The zero-order valence-electron chi connectivity index (χ0n) is 9.43. The Labute approximate surface area is 91.4 Å². The molecule has 0 rings (SSSR count). The first-order valence-corrected chi connectivity index (χ1v) is 6.52. The molecule has 0 fully saturated rings. The molecule has 0 aromatic rings. The predicted octanol–water partition coefficient (Wildman–Crippen LogP) is 1.10. The number of carbonyl (C=O) groups is 1. The molecule has 4 heteroatoms. The molecule has 0 saturated carbocycles. The Kier molecular flexibility index (Phi) is 9.19. The van der Waals surface area contributed by atoms with Crippen molar-refractivity contribution in [3.63, 3.8) is 0 Å². The Morgan fingerprint density at radius 1 is 1.43 bits per heavy atom. The van der Waals surface area contributed by atoms with Gasteiger partial charge in [0.25, 0.3) is 0 Å². The van der Waals surface area contributed by atoms with Crippen LogP contribution in [-0.4, -0.2) is 37.6 Å². The molecule has 0 atom stereocenters. The van der Waals surface area contributed by atoms with Gasteiger partial charge < -0.3 is 10.6 Å². The lowest BCUT2D eigenvalue weighted by Gasteiger charge is -2.08. The van der Waals surface area contributed by atoms with Crippen LogP contribution < -0.4 is 10.6 Å². The quantitative estimate of drug-likeness (QED) is 0.600. The highest BCUT2D eigenvalue weighted by Gasteiger charge is 2.00. The maximum Gasteiger partial charge on any atom is 0.233 e. The van der Waals surface area contributed by atoms with Gasteiger partial charge in [-0.1, -0.05) is 13.8 Å². The number of nitrogens with one attached hydrogen (secondary N) is 2. The minimum Gasteiger partial charge on any atom is -0.355 e. The Balaban J connectivity index is 3.18. The number of thioether (sulfide) groups is 1. The zero-order chi connectivity index (χ0) is 10.8. The Bertz CT molecular complexity index is 151. The number of hydrogen-bond donors (Lipinski definition) is 2. The van der Waals surface area contributed by atoms with E-state index in [4.69, 9.17) is 0 Å². The maximum atomic E-state index is 11.2. The zero-order valence-corrected chi connectivity index (χ0v) is 10.2. The molecule has 0 aromatic carbocycles. The lowest BCUT2D eigenvalue weighted by Crippen LogP contribution is -2.36. The SMILES string of the molecule is CSCCCNCC(=O)NCC(C)C. The lowest BCUT2D eigenvalue weighted by atomic mass is 10.2. The van der Waals surface area contributed by atoms with Crippen LogP contribution in [0.25, 0.3) is 0 Å². The summed E-state index contributed by atoms with van der Waals surface area (Å²) in [7, 11) is 0. The molecule has 14 heavy (non-hydrogen) atoms. The first kappa shape index (κ1) is 13.8. The number of amides is 1. The van der Waals surface area contributed by atoms with Gasteiger partial charge in [0, 0.05) is 6.54 Å². The molecule has 0 aliphatic heterocycles. The number of rotatable bonds is 8. The summed E-state index contributed by atoms with van der Waals surface area (Å²) in [6.45, 7) is 6.32. The summed E-state index contributed by atoms with van der Waals surface area (Å²) in [6, 6.07) is 0. The molecule has 0 aromatic heterocycles. The van der Waals surface area contributed by atoms with Crippen LogP contribution in [-0.2, 0) is 4.79 Å². The Morgan fingerprint density at radius 2 is 2.14 bits per heavy atom. The minimum absolute atomic E-state index is 0.0999. The molecule has 1 amide bonds. The fraction of sp³-hybridized carbons (Fsp3) is 0.900. The lowest BCUT2D eigenvalue weighted by molar-refractivity contribution is -0.120. The molecule has 0 aliphatic rings. The molecular formula is C10H22N2OS. The van der Waals surface area contributed by atoms with Crippen LogP contribution in [0.15, 0.2) is 0 Å². The van der Waals surface area contributed by atoms with E-state index in [-0.39, 0.29) is 5.91 Å². The number of hydrogen-bond acceptors (Lipinski definition) is 3. The molecule has 0 heterocycles. The van der Waals surface area contributed by atoms with Crippen LogP contribution in [0.5, 0.6) is 0 Å². The third-order valence-electron chi connectivity index (χ3n) is 1.70. The summed E-state index contributed by atoms with van der Waals surface area (Å²) in [5.41, 5.74) is 0. The highest BCUT2D eigenvalue weighted by Crippen LogP contribution is 1.92. The van der Waals surface area contributed by atoms with E-state index in [0.29, 0.717) is 12.5 Å². The second-order valence-electron chi connectivity index (χ2n) is 3.72. The molecular weight excluding hydrogens is 196 g/mol. The van der Waals surface area contributed by atoms with Gasteiger partial charge in [-0.15, -0.1) is 0 Å². The molecule has 3 nitrogen and oxygen atoms in total. The average Bonchev–Trinajstić information content (AvgIpc) is 2.14. The number of carbonyl (C=O) groups excluding carboxylic acids is 1. The second kappa shape index (κ2) is 9.34. The van der Waals surface area contributed by atoms with Crippen LogP contribution in [0.3, 0.4) is 0 Å². The van der Waals surface area contributed by atoms with Crippen LogP contribution in [0.1, 0.15) is 20.3 Å². The van der Waals surface area contributed by atoms with Crippen LogP contribution in [0, 0.1) is 5.92 Å². The summed E-state index contributed by atoms with van der Waals surface area (Å²) in [5.74, 6) is 1.78. The van der Waals surface area contributed by atoms with Gasteiger partial charge in [-0.25, -0.2) is 0 Å². The highest BCUT2D eigenvalue weighted by atomic mass is 32.2. The van der Waals surface area contributed by atoms with Crippen molar-refractivity contribution < 1.29 is 4.79 Å². The van der Waals surface area contributed by atoms with E-state index < -0.39 is 0 Å². The van der Waals surface area contributed by atoms with E-state index >= 15 is 0 Å². The largest absolute Gasteiger partial charge is 0.355 e. The van der Waals surface area contributed by atoms with Crippen molar-refractivity contribution in [1.82, 2.24) is 10.6 Å². The molecule has 2 N–H and O–H groups in total. The molecule has 0 bridgehead atoms. The van der Waals surface area contributed by atoms with Gasteiger partial charge in [-0.05, 0) is 30.9 Å². The van der Waals surface area contributed by atoms with Gasteiger partial charge >= 0.3 is 0 Å². The van der Waals surface area contributed by atoms with E-state index in [1.54, 1.807) is 0 Å². The van der Waals surface area contributed by atoms with Crippen molar-refractivity contribution in [2.24, 2.45) is 5.92 Å². The van der Waals surface area contributed by atoms with Gasteiger partial charge in [0.2, 0.25) is 5.91 Å². The standard InChI is InChI=1S/C10H22N2OS/c1-9(2)7-12-10(13)8-11-5-4-6-14-3/h9,11H,4-8H2,1-3H3,(H,12,13). The minimum atomic E-state index is 0.0999. The van der Waals surface area contributed by atoms with Crippen LogP contribution in [0.4, 0.5) is 0 Å². The van der Waals surface area contributed by atoms with Gasteiger partial charge in [0.1, 0.15) is 0 Å². The smallest absolute Gasteiger partial charge is 0.233 e. The molecule has 0 radical (unpaired) electrons. The topological polar surface area (TPSA) is 41.1 Å². The van der Waals surface area contributed by atoms with Gasteiger partial charge in [-0.2, -0.15) is 11.8 Å². The highest BCUT2D eigenvalue weighted by molar-refractivity contribution is 7.98. The fourth-order valence-electron chi connectivity index (χ4n) is 0.924. The summed E-state index contributed by atoms with van der Waals surface area (Å²) in [5, 5.41) is 5.98. The van der Waals surface area contributed by atoms with E-state index in [0.717, 1.165) is 25.3 Å². The van der Waals surface area contributed by atoms with Crippen molar-refractivity contribution in [3.8, 4) is 0 Å². The van der Waals surface area contributed by atoms with Gasteiger partial charge in [0.15, 0.2) is 0 Å². The summed E-state index contributed by atoms with van der Waals surface area (Å²) >= 11 is 1.83. The predicted molar refractivity (Wildman–Crippen MR) is 63.7 cm³/mol. The van der Waals surface area contributed by atoms with Gasteiger partial charge in [-0.3, -0.25) is 4.79 Å². The van der Waals surface area contributed by atoms with Crippen molar-refractivity contribution in [2.45, 2.75) is 20.3 Å². The fourth-order valence-corrected chi connectivity index (χ4v) is 1.36. The van der Waals surface area contributed by atoms with E-state index in [1.807, 2.05) is 11.8 Å². The normalized spacial score (nSPS) is 10.6. The van der Waals surface area contributed by atoms with Crippen molar-refractivity contribution in [2.75, 3.05) is 31.6 Å². The molecule has 0 spiro atoms. The molecule has 0 aliphatic carbocycles. The average molecular weight is 218 g/mol. The van der Waals surface area contributed by atoms with E-state index in [2.05, 4.69) is 30.7 Å². The summed E-state index contributed by atoms with van der Waals surface area (Å²) in [6.07, 6.45) is 3.22. The monoisotopic (exact) mass is 218 g/mol. The first-order chi connectivity index (χ1) is 6.66. The first-order valence-electron chi connectivity index (χ1n) is 5.13. The summed E-state index contributed by atoms with van der Waals surface area (Å²) in [4.78, 5) is 11.2. The van der Waals surface area contributed by atoms with Crippen LogP contribution >= 0.6 is 11.8 Å². The van der Waals surface area contributed by atoms with Crippen LogP contribution in [0.2, 0.25) is 0 Å². The third-order valence-corrected chi connectivity index (χ3v) is 2.39. The van der Waals surface area contributed by atoms with Gasteiger partial charge in [0.05, 0.1) is 6.54 Å². The molecule has 0 saturated heterocycles. The van der Waals surface area contributed by atoms with Crippen molar-refractivity contribution in [1.29, 1.82) is 0 Å². The van der Waals surface area contributed by atoms with E-state index in [1.165, 1.54) is 0 Å². The maximum absolute atomic E-state index is 11.2. The Morgan fingerprint density at radius 3 is 2.71 bits per heavy atom. The second-order valence-corrected chi connectivity index (χ2v) is 4.71. The third kappa shape index (κ3) is 9.86. The molecule has 84 valence electrons.